The second-order valence-electron chi connectivity index (χ2n) is 4.81. The van der Waals surface area contributed by atoms with Crippen LogP contribution < -0.4 is 0 Å². The zero-order chi connectivity index (χ0) is 13.9. The van der Waals surface area contributed by atoms with Crippen LogP contribution in [0, 0.1) is 4.51 Å². The van der Waals surface area contributed by atoms with Gasteiger partial charge in [-0.2, -0.15) is 0 Å². The molecule has 0 amide bonds. The Bertz CT molecular complexity index is 710. The number of aromatic nitrogens is 1. The highest BCUT2D eigenvalue weighted by Crippen LogP contribution is 2.28. The van der Waals surface area contributed by atoms with Crippen LogP contribution in [0.4, 0.5) is 0 Å². The van der Waals surface area contributed by atoms with Crippen LogP contribution >= 0.6 is 12.2 Å². The molecule has 0 saturated heterocycles. The number of hydrogen-bond donors (Lipinski definition) is 0. The van der Waals surface area contributed by atoms with Crippen LogP contribution in [0.1, 0.15) is 0 Å². The van der Waals surface area contributed by atoms with Gasteiger partial charge in [-0.15, -0.1) is 0 Å². The van der Waals surface area contributed by atoms with Crippen molar-refractivity contribution >= 4 is 12.2 Å². The van der Waals surface area contributed by atoms with Gasteiger partial charge in [-0.1, -0.05) is 72.9 Å². The van der Waals surface area contributed by atoms with Crippen LogP contribution in [0.3, 0.4) is 0 Å². The smallest absolute Gasteiger partial charge is 0.0563 e. The van der Waals surface area contributed by atoms with Crippen LogP contribution in [-0.4, -0.2) is 4.57 Å². The fourth-order valence-electron chi connectivity index (χ4n) is 2.35. The predicted molar refractivity (Wildman–Crippen MR) is 87.1 cm³/mol. The van der Waals surface area contributed by atoms with E-state index in [-0.39, 0.29) is 0 Å². The van der Waals surface area contributed by atoms with E-state index in [4.69, 9.17) is 12.2 Å². The van der Waals surface area contributed by atoms with Gasteiger partial charge in [0.25, 0.3) is 0 Å². The standard InChI is InChI=1S/C18H15NS/c1-19-12-16(14-8-4-2-5-9-14)18(20)17(13-19)15-10-6-3-7-11-15/h2-13H,1H3. The molecule has 0 bridgehead atoms. The number of benzene rings is 2. The van der Waals surface area contributed by atoms with E-state index in [9.17, 15) is 0 Å². The van der Waals surface area contributed by atoms with E-state index < -0.39 is 0 Å². The molecule has 0 atom stereocenters. The van der Waals surface area contributed by atoms with Crippen molar-refractivity contribution in [3.05, 3.63) is 77.6 Å². The van der Waals surface area contributed by atoms with Gasteiger partial charge in [0.05, 0.1) is 4.51 Å². The van der Waals surface area contributed by atoms with Gasteiger partial charge in [0.2, 0.25) is 0 Å². The Balaban J connectivity index is 2.25. The first-order chi connectivity index (χ1) is 9.75. The number of aryl methyl sites for hydroxylation is 1. The number of rotatable bonds is 2. The SMILES string of the molecule is Cn1cc(-c2ccccc2)c(=S)c(-c2ccccc2)c1. The first-order valence-corrected chi connectivity index (χ1v) is 6.97. The summed E-state index contributed by atoms with van der Waals surface area (Å²) in [6.07, 6.45) is 4.17. The number of nitrogens with zero attached hydrogens (tertiary/aromatic N) is 1. The van der Waals surface area contributed by atoms with Crippen molar-refractivity contribution in [1.82, 2.24) is 4.57 Å². The molecule has 0 aliphatic rings. The van der Waals surface area contributed by atoms with Crippen LogP contribution in [0.25, 0.3) is 22.3 Å². The molecule has 3 rings (SSSR count). The highest BCUT2D eigenvalue weighted by molar-refractivity contribution is 7.71. The van der Waals surface area contributed by atoms with Crippen molar-refractivity contribution in [3.63, 3.8) is 0 Å². The molecule has 0 fully saturated rings. The monoisotopic (exact) mass is 277 g/mol. The molecule has 1 nitrogen and oxygen atoms in total. The van der Waals surface area contributed by atoms with E-state index in [0.29, 0.717) is 0 Å². The van der Waals surface area contributed by atoms with Crippen molar-refractivity contribution in [2.75, 3.05) is 0 Å². The van der Waals surface area contributed by atoms with Gasteiger partial charge in [-0.25, -0.2) is 0 Å². The summed E-state index contributed by atoms with van der Waals surface area (Å²) in [6, 6.07) is 20.6. The molecular weight excluding hydrogens is 262 g/mol. The average molecular weight is 277 g/mol. The van der Waals surface area contributed by atoms with E-state index in [1.807, 2.05) is 43.4 Å². The van der Waals surface area contributed by atoms with Gasteiger partial charge in [-0.3, -0.25) is 0 Å². The minimum absolute atomic E-state index is 0.903. The zero-order valence-electron chi connectivity index (χ0n) is 11.3. The van der Waals surface area contributed by atoms with E-state index in [1.165, 1.54) is 0 Å². The quantitative estimate of drug-likeness (QED) is 0.591. The maximum Gasteiger partial charge on any atom is 0.0563 e. The van der Waals surface area contributed by atoms with Crippen molar-refractivity contribution in [3.8, 4) is 22.3 Å². The van der Waals surface area contributed by atoms with Gasteiger partial charge < -0.3 is 4.57 Å². The molecule has 0 spiro atoms. The van der Waals surface area contributed by atoms with Gasteiger partial charge in [-0.05, 0) is 11.1 Å². The molecule has 0 unspecified atom stereocenters. The molecule has 0 N–H and O–H groups in total. The molecule has 3 aromatic rings. The third-order valence-corrected chi connectivity index (χ3v) is 3.76. The molecule has 0 radical (unpaired) electrons. The average Bonchev–Trinajstić information content (AvgIpc) is 2.51. The van der Waals surface area contributed by atoms with Gasteiger partial charge in [0, 0.05) is 30.6 Å². The van der Waals surface area contributed by atoms with Gasteiger partial charge >= 0.3 is 0 Å². The lowest BCUT2D eigenvalue weighted by Gasteiger charge is -2.10. The Labute approximate surface area is 124 Å². The Morgan fingerprint density at radius 3 is 1.50 bits per heavy atom. The number of pyridine rings is 1. The summed E-state index contributed by atoms with van der Waals surface area (Å²) in [6.45, 7) is 0. The molecular formula is C18H15NS. The molecule has 2 heteroatoms. The summed E-state index contributed by atoms with van der Waals surface area (Å²) in [7, 11) is 2.04. The Morgan fingerprint density at radius 1 is 0.700 bits per heavy atom. The fraction of sp³-hybridized carbons (Fsp3) is 0.0556. The molecule has 2 aromatic carbocycles. The van der Waals surface area contributed by atoms with Crippen LogP contribution in [-0.2, 0) is 7.05 Å². The summed E-state index contributed by atoms with van der Waals surface area (Å²) in [5.74, 6) is 0. The summed E-state index contributed by atoms with van der Waals surface area (Å²) in [4.78, 5) is 0. The van der Waals surface area contributed by atoms with E-state index in [0.717, 1.165) is 26.8 Å². The summed E-state index contributed by atoms with van der Waals surface area (Å²) >= 11 is 5.70. The topological polar surface area (TPSA) is 4.93 Å². The largest absolute Gasteiger partial charge is 0.356 e. The number of hydrogen-bond acceptors (Lipinski definition) is 1. The lowest BCUT2D eigenvalue weighted by Crippen LogP contribution is -1.94. The molecule has 98 valence electrons. The lowest BCUT2D eigenvalue weighted by atomic mass is 10.0. The Morgan fingerprint density at radius 2 is 1.10 bits per heavy atom. The normalized spacial score (nSPS) is 10.4. The Kier molecular flexibility index (Phi) is 3.48. The third-order valence-electron chi connectivity index (χ3n) is 3.32. The van der Waals surface area contributed by atoms with Crippen molar-refractivity contribution in [1.29, 1.82) is 0 Å². The minimum Gasteiger partial charge on any atom is -0.356 e. The summed E-state index contributed by atoms with van der Waals surface area (Å²) in [5, 5.41) is 0. The fourth-order valence-corrected chi connectivity index (χ4v) is 2.69. The molecule has 0 aliphatic heterocycles. The van der Waals surface area contributed by atoms with E-state index in [2.05, 4.69) is 41.2 Å². The maximum absolute atomic E-state index is 5.70. The maximum atomic E-state index is 5.70. The third kappa shape index (κ3) is 2.43. The molecule has 0 saturated carbocycles. The van der Waals surface area contributed by atoms with Crippen LogP contribution in [0.5, 0.6) is 0 Å². The summed E-state index contributed by atoms with van der Waals surface area (Å²) < 4.78 is 2.97. The van der Waals surface area contributed by atoms with Gasteiger partial charge in [0.15, 0.2) is 0 Å². The van der Waals surface area contributed by atoms with E-state index >= 15 is 0 Å². The first kappa shape index (κ1) is 12.8. The van der Waals surface area contributed by atoms with Crippen molar-refractivity contribution < 1.29 is 0 Å². The molecule has 20 heavy (non-hydrogen) atoms. The second-order valence-corrected chi connectivity index (χ2v) is 5.22. The predicted octanol–water partition coefficient (Wildman–Crippen LogP) is 5.09. The van der Waals surface area contributed by atoms with Gasteiger partial charge in [0.1, 0.15) is 0 Å². The minimum atomic E-state index is 0.903. The second kappa shape index (κ2) is 5.43. The highest BCUT2D eigenvalue weighted by Gasteiger charge is 2.07. The van der Waals surface area contributed by atoms with Crippen molar-refractivity contribution in [2.45, 2.75) is 0 Å². The van der Waals surface area contributed by atoms with E-state index in [1.54, 1.807) is 0 Å². The molecule has 1 heterocycles. The zero-order valence-corrected chi connectivity index (χ0v) is 12.1. The first-order valence-electron chi connectivity index (χ1n) is 6.57. The lowest BCUT2D eigenvalue weighted by molar-refractivity contribution is 0.907. The Hall–Kier alpha value is -2.19. The summed E-state index contributed by atoms with van der Waals surface area (Å²) in [5.41, 5.74) is 4.52. The van der Waals surface area contributed by atoms with Crippen LogP contribution in [0.15, 0.2) is 73.1 Å². The molecule has 0 aliphatic carbocycles. The molecule has 1 aromatic heterocycles. The van der Waals surface area contributed by atoms with Crippen molar-refractivity contribution in [2.24, 2.45) is 7.05 Å². The highest BCUT2D eigenvalue weighted by atomic mass is 32.1. The van der Waals surface area contributed by atoms with Crippen LogP contribution in [0.2, 0.25) is 0 Å².